The van der Waals surface area contributed by atoms with Gasteiger partial charge in [0.25, 0.3) is 0 Å². The van der Waals surface area contributed by atoms with Gasteiger partial charge in [0.15, 0.2) is 12.6 Å². The molecule has 22 heavy (non-hydrogen) atoms. The van der Waals surface area contributed by atoms with Gasteiger partial charge in [-0.1, -0.05) is 0 Å². The SMILES string of the molecule is C[C@H](O)C(CO)O[C@@H](CO)O[C@H]1OC(CO)[C@@H](O)C(O)C1O. The summed E-state index contributed by atoms with van der Waals surface area (Å²) < 4.78 is 15.3. The summed E-state index contributed by atoms with van der Waals surface area (Å²) in [6.07, 6.45) is -10.9. The summed E-state index contributed by atoms with van der Waals surface area (Å²) >= 11 is 0. The second kappa shape index (κ2) is 9.03. The lowest BCUT2D eigenvalue weighted by molar-refractivity contribution is -0.348. The number of aliphatic hydroxyl groups excluding tert-OH is 7. The van der Waals surface area contributed by atoms with Crippen LogP contribution in [0.4, 0.5) is 0 Å². The lowest BCUT2D eigenvalue weighted by atomic mass is 9.99. The van der Waals surface area contributed by atoms with Gasteiger partial charge in [-0.15, -0.1) is 0 Å². The molecule has 0 amide bonds. The Kier molecular flexibility index (Phi) is 8.07. The van der Waals surface area contributed by atoms with Gasteiger partial charge in [0, 0.05) is 0 Å². The van der Waals surface area contributed by atoms with Crippen LogP contribution in [0.3, 0.4) is 0 Å². The van der Waals surface area contributed by atoms with E-state index < -0.39 is 69.0 Å². The predicted octanol–water partition coefficient (Wildman–Crippen LogP) is -4.12. The number of hydrogen-bond donors (Lipinski definition) is 7. The van der Waals surface area contributed by atoms with Gasteiger partial charge in [0.05, 0.1) is 25.9 Å². The summed E-state index contributed by atoms with van der Waals surface area (Å²) in [5, 5.41) is 65.7. The second-order valence-corrected chi connectivity index (χ2v) is 5.04. The first kappa shape index (κ1) is 19.6. The predicted molar refractivity (Wildman–Crippen MR) is 69.4 cm³/mol. The van der Waals surface area contributed by atoms with E-state index in [0.717, 1.165) is 0 Å². The fraction of sp³-hybridized carbons (Fsp3) is 1.00. The third kappa shape index (κ3) is 4.80. The molecule has 10 nitrogen and oxygen atoms in total. The van der Waals surface area contributed by atoms with Crippen molar-refractivity contribution >= 4 is 0 Å². The van der Waals surface area contributed by atoms with Gasteiger partial charge in [-0.2, -0.15) is 0 Å². The van der Waals surface area contributed by atoms with E-state index in [0.29, 0.717) is 0 Å². The third-order valence-corrected chi connectivity index (χ3v) is 3.33. The molecule has 10 heteroatoms. The van der Waals surface area contributed by atoms with Crippen LogP contribution in [0.25, 0.3) is 0 Å². The Morgan fingerprint density at radius 2 is 1.64 bits per heavy atom. The molecule has 1 aliphatic rings. The summed E-state index contributed by atoms with van der Waals surface area (Å²) in [6, 6.07) is 0. The van der Waals surface area contributed by atoms with E-state index in [-0.39, 0.29) is 0 Å². The minimum Gasteiger partial charge on any atom is -0.394 e. The molecule has 7 N–H and O–H groups in total. The van der Waals surface area contributed by atoms with E-state index in [1.54, 1.807) is 0 Å². The maximum atomic E-state index is 9.79. The first-order chi connectivity index (χ1) is 10.3. The second-order valence-electron chi connectivity index (χ2n) is 5.04. The minimum atomic E-state index is -1.64. The fourth-order valence-corrected chi connectivity index (χ4v) is 1.95. The zero-order chi connectivity index (χ0) is 16.9. The van der Waals surface area contributed by atoms with Gasteiger partial charge in [-0.05, 0) is 6.92 Å². The Morgan fingerprint density at radius 3 is 2.09 bits per heavy atom. The van der Waals surface area contributed by atoms with Crippen LogP contribution in [0.1, 0.15) is 6.92 Å². The molecule has 0 saturated carbocycles. The standard InChI is InChI=1S/C12H24O10/c1-5(16)6(2-13)20-8(4-15)22-12-11(19)10(18)9(17)7(3-14)21-12/h5-19H,2-4H2,1H3/t5-,6?,7?,8+,9+,10?,11?,12+/m0/s1. The molecule has 1 fully saturated rings. The van der Waals surface area contributed by atoms with Gasteiger partial charge in [0.1, 0.15) is 30.5 Å². The van der Waals surface area contributed by atoms with E-state index in [9.17, 15) is 25.5 Å². The molecule has 0 spiro atoms. The van der Waals surface area contributed by atoms with Crippen LogP contribution >= 0.6 is 0 Å². The quantitative estimate of drug-likeness (QED) is 0.217. The van der Waals surface area contributed by atoms with Crippen LogP contribution in [0.2, 0.25) is 0 Å². The monoisotopic (exact) mass is 328 g/mol. The summed E-state index contributed by atoms with van der Waals surface area (Å²) in [7, 11) is 0. The van der Waals surface area contributed by atoms with Crippen molar-refractivity contribution in [3.05, 3.63) is 0 Å². The molecule has 1 heterocycles. The molecule has 132 valence electrons. The van der Waals surface area contributed by atoms with Crippen molar-refractivity contribution in [2.24, 2.45) is 0 Å². The van der Waals surface area contributed by atoms with E-state index >= 15 is 0 Å². The van der Waals surface area contributed by atoms with Crippen LogP contribution in [0.5, 0.6) is 0 Å². The Labute approximate surface area is 127 Å². The largest absolute Gasteiger partial charge is 0.394 e. The van der Waals surface area contributed by atoms with Crippen molar-refractivity contribution in [1.29, 1.82) is 0 Å². The van der Waals surface area contributed by atoms with Crippen molar-refractivity contribution in [3.8, 4) is 0 Å². The van der Waals surface area contributed by atoms with E-state index in [4.69, 9.17) is 24.4 Å². The van der Waals surface area contributed by atoms with Gasteiger partial charge in [-0.25, -0.2) is 0 Å². The highest BCUT2D eigenvalue weighted by molar-refractivity contribution is 4.89. The van der Waals surface area contributed by atoms with Crippen molar-refractivity contribution < 1.29 is 50.0 Å². The first-order valence-electron chi connectivity index (χ1n) is 6.86. The highest BCUT2D eigenvalue weighted by atomic mass is 16.8. The highest BCUT2D eigenvalue weighted by Crippen LogP contribution is 2.23. The first-order valence-corrected chi connectivity index (χ1v) is 6.86. The highest BCUT2D eigenvalue weighted by Gasteiger charge is 2.45. The molecular formula is C12H24O10. The lowest BCUT2D eigenvalue weighted by Gasteiger charge is -2.40. The molecule has 0 aromatic rings. The average molecular weight is 328 g/mol. The zero-order valence-corrected chi connectivity index (χ0v) is 12.1. The van der Waals surface area contributed by atoms with Crippen LogP contribution in [0.15, 0.2) is 0 Å². The van der Waals surface area contributed by atoms with Crippen molar-refractivity contribution in [2.45, 2.75) is 56.1 Å². The topological polar surface area (TPSA) is 169 Å². The summed E-state index contributed by atoms with van der Waals surface area (Å²) in [4.78, 5) is 0. The smallest absolute Gasteiger partial charge is 0.189 e. The van der Waals surface area contributed by atoms with Gasteiger partial charge in [0.2, 0.25) is 0 Å². The molecule has 0 aromatic carbocycles. The van der Waals surface area contributed by atoms with Crippen molar-refractivity contribution in [1.82, 2.24) is 0 Å². The number of rotatable bonds is 8. The van der Waals surface area contributed by atoms with E-state index in [1.807, 2.05) is 0 Å². The van der Waals surface area contributed by atoms with Crippen LogP contribution in [-0.4, -0.2) is 105 Å². The molecular weight excluding hydrogens is 304 g/mol. The van der Waals surface area contributed by atoms with E-state index in [1.165, 1.54) is 6.92 Å². The molecule has 8 atom stereocenters. The Bertz CT molecular complexity index is 312. The van der Waals surface area contributed by atoms with Crippen molar-refractivity contribution in [3.63, 3.8) is 0 Å². The molecule has 1 rings (SSSR count). The number of hydrogen-bond acceptors (Lipinski definition) is 10. The summed E-state index contributed by atoms with van der Waals surface area (Å²) in [5.41, 5.74) is 0. The molecule has 4 unspecified atom stereocenters. The maximum absolute atomic E-state index is 9.79. The maximum Gasteiger partial charge on any atom is 0.189 e. The number of ether oxygens (including phenoxy) is 3. The Balaban J connectivity index is 2.68. The van der Waals surface area contributed by atoms with Gasteiger partial charge in [-0.3, -0.25) is 0 Å². The van der Waals surface area contributed by atoms with Crippen LogP contribution in [-0.2, 0) is 14.2 Å². The molecule has 0 bridgehead atoms. The summed E-state index contributed by atoms with van der Waals surface area (Å²) in [6.45, 7) is -0.476. The van der Waals surface area contributed by atoms with E-state index in [2.05, 4.69) is 0 Å². The molecule has 1 saturated heterocycles. The number of aliphatic hydroxyl groups is 7. The van der Waals surface area contributed by atoms with Crippen molar-refractivity contribution in [2.75, 3.05) is 19.8 Å². The normalized spacial score (nSPS) is 36.8. The Hall–Kier alpha value is -0.400. The zero-order valence-electron chi connectivity index (χ0n) is 12.1. The average Bonchev–Trinajstić information content (AvgIpc) is 2.50. The molecule has 0 aromatic heterocycles. The third-order valence-electron chi connectivity index (χ3n) is 3.33. The lowest BCUT2D eigenvalue weighted by Crippen LogP contribution is -2.60. The molecule has 1 aliphatic heterocycles. The molecule has 0 radical (unpaired) electrons. The minimum absolute atomic E-state index is 0.536. The van der Waals surface area contributed by atoms with Gasteiger partial charge >= 0.3 is 0 Å². The van der Waals surface area contributed by atoms with Gasteiger partial charge < -0.3 is 50.0 Å². The fourth-order valence-electron chi connectivity index (χ4n) is 1.95. The Morgan fingerprint density at radius 1 is 1.00 bits per heavy atom. The van der Waals surface area contributed by atoms with Crippen LogP contribution < -0.4 is 0 Å². The summed E-state index contributed by atoms with van der Waals surface area (Å²) in [5.74, 6) is 0. The molecule has 0 aliphatic carbocycles. The van der Waals surface area contributed by atoms with Crippen LogP contribution in [0, 0.1) is 0 Å².